The van der Waals surface area contributed by atoms with Gasteiger partial charge in [-0.1, -0.05) is 67.1 Å². The van der Waals surface area contributed by atoms with Crippen LogP contribution in [-0.4, -0.2) is 0 Å². The van der Waals surface area contributed by atoms with Crippen molar-refractivity contribution in [3.63, 3.8) is 0 Å². The average Bonchev–Trinajstić information content (AvgIpc) is 2.42. The van der Waals surface area contributed by atoms with Crippen LogP contribution in [0.1, 0.15) is 42.4 Å². The molecule has 0 radical (unpaired) electrons. The van der Waals surface area contributed by atoms with Gasteiger partial charge < -0.3 is 0 Å². The predicted octanol–water partition coefficient (Wildman–Crippen LogP) is 5.12. The Morgan fingerprint density at radius 1 is 0.889 bits per heavy atom. The van der Waals surface area contributed by atoms with Crippen LogP contribution in [0.5, 0.6) is 0 Å². The van der Waals surface area contributed by atoms with E-state index in [0.29, 0.717) is 5.92 Å². The Hall–Kier alpha value is -1.56. The minimum atomic E-state index is 0.664. The molecule has 0 nitrogen and oxygen atoms in total. The topological polar surface area (TPSA) is 0 Å². The fourth-order valence-corrected chi connectivity index (χ4v) is 2.32. The van der Waals surface area contributed by atoms with E-state index in [0.717, 1.165) is 0 Å². The van der Waals surface area contributed by atoms with Crippen molar-refractivity contribution in [3.05, 3.63) is 71.3 Å². The molecule has 2 rings (SSSR count). The van der Waals surface area contributed by atoms with Gasteiger partial charge in [-0.25, -0.2) is 0 Å². The summed E-state index contributed by atoms with van der Waals surface area (Å²) in [7, 11) is 0. The van der Waals surface area contributed by atoms with Crippen molar-refractivity contribution in [1.82, 2.24) is 0 Å². The zero-order valence-corrected chi connectivity index (χ0v) is 11.4. The monoisotopic (exact) mass is 238 g/mol. The Balaban J connectivity index is 1.80. The van der Waals surface area contributed by atoms with E-state index in [1.807, 2.05) is 0 Å². The molecule has 0 saturated carbocycles. The van der Waals surface area contributed by atoms with Gasteiger partial charge in [0.15, 0.2) is 0 Å². The molecule has 1 unspecified atom stereocenters. The van der Waals surface area contributed by atoms with Crippen molar-refractivity contribution >= 4 is 0 Å². The first-order valence-electron chi connectivity index (χ1n) is 6.86. The quantitative estimate of drug-likeness (QED) is 0.678. The fourth-order valence-electron chi connectivity index (χ4n) is 2.32. The SMILES string of the molecule is Cc1ccc(CCCC(C)c2ccccc2)cc1. The lowest BCUT2D eigenvalue weighted by atomic mass is 9.94. The molecular weight excluding hydrogens is 216 g/mol. The molecule has 0 spiro atoms. The first-order valence-corrected chi connectivity index (χ1v) is 6.86. The summed E-state index contributed by atoms with van der Waals surface area (Å²) in [6.45, 7) is 4.46. The molecule has 94 valence electrons. The largest absolute Gasteiger partial charge is 0.0622 e. The summed E-state index contributed by atoms with van der Waals surface area (Å²) in [5.41, 5.74) is 4.26. The summed E-state index contributed by atoms with van der Waals surface area (Å²) in [5.74, 6) is 0.664. The van der Waals surface area contributed by atoms with Crippen LogP contribution >= 0.6 is 0 Å². The molecule has 1 atom stereocenters. The number of benzene rings is 2. The van der Waals surface area contributed by atoms with E-state index in [4.69, 9.17) is 0 Å². The first kappa shape index (κ1) is 12.9. The van der Waals surface area contributed by atoms with Gasteiger partial charge in [0.1, 0.15) is 0 Å². The van der Waals surface area contributed by atoms with Gasteiger partial charge in [-0.05, 0) is 43.2 Å². The van der Waals surface area contributed by atoms with Crippen LogP contribution in [0.25, 0.3) is 0 Å². The van der Waals surface area contributed by atoms with Gasteiger partial charge in [-0.15, -0.1) is 0 Å². The van der Waals surface area contributed by atoms with Gasteiger partial charge in [0, 0.05) is 0 Å². The summed E-state index contributed by atoms with van der Waals surface area (Å²) in [4.78, 5) is 0. The zero-order valence-electron chi connectivity index (χ0n) is 11.4. The smallest absolute Gasteiger partial charge is 0.0190 e. The minimum Gasteiger partial charge on any atom is -0.0622 e. The van der Waals surface area contributed by atoms with Crippen molar-refractivity contribution in [2.75, 3.05) is 0 Å². The fraction of sp³-hybridized carbons (Fsp3) is 0.333. The lowest BCUT2D eigenvalue weighted by Crippen LogP contribution is -1.95. The van der Waals surface area contributed by atoms with Crippen LogP contribution in [0, 0.1) is 6.92 Å². The highest BCUT2D eigenvalue weighted by atomic mass is 14.1. The molecule has 0 amide bonds. The second-order valence-electron chi connectivity index (χ2n) is 5.19. The molecule has 0 aliphatic carbocycles. The molecule has 2 aromatic carbocycles. The average molecular weight is 238 g/mol. The lowest BCUT2D eigenvalue weighted by molar-refractivity contribution is 0.633. The number of hydrogen-bond donors (Lipinski definition) is 0. The van der Waals surface area contributed by atoms with Crippen LogP contribution in [0.3, 0.4) is 0 Å². The molecule has 0 aliphatic rings. The van der Waals surface area contributed by atoms with Crippen LogP contribution in [0.4, 0.5) is 0 Å². The number of rotatable bonds is 5. The van der Waals surface area contributed by atoms with Gasteiger partial charge in [0.2, 0.25) is 0 Å². The number of aryl methyl sites for hydroxylation is 2. The Morgan fingerprint density at radius 3 is 2.22 bits per heavy atom. The highest BCUT2D eigenvalue weighted by Gasteiger charge is 2.04. The third-order valence-electron chi connectivity index (χ3n) is 3.59. The van der Waals surface area contributed by atoms with Gasteiger partial charge in [0.25, 0.3) is 0 Å². The third kappa shape index (κ3) is 3.73. The summed E-state index contributed by atoms with van der Waals surface area (Å²) >= 11 is 0. The Kier molecular flexibility index (Phi) is 4.58. The maximum absolute atomic E-state index is 2.32. The van der Waals surface area contributed by atoms with Gasteiger partial charge in [-0.2, -0.15) is 0 Å². The van der Waals surface area contributed by atoms with E-state index < -0.39 is 0 Å². The Labute approximate surface area is 111 Å². The molecule has 0 heteroatoms. The Morgan fingerprint density at radius 2 is 1.56 bits per heavy atom. The normalized spacial score (nSPS) is 12.3. The predicted molar refractivity (Wildman–Crippen MR) is 79.0 cm³/mol. The second-order valence-corrected chi connectivity index (χ2v) is 5.19. The van der Waals surface area contributed by atoms with Crippen molar-refractivity contribution in [2.45, 2.75) is 39.0 Å². The minimum absolute atomic E-state index is 0.664. The Bertz CT molecular complexity index is 453. The molecular formula is C18H22. The maximum Gasteiger partial charge on any atom is -0.0190 e. The van der Waals surface area contributed by atoms with E-state index in [1.54, 1.807) is 0 Å². The highest BCUT2D eigenvalue weighted by molar-refractivity contribution is 5.22. The molecule has 0 fully saturated rings. The van der Waals surface area contributed by atoms with Crippen molar-refractivity contribution in [3.8, 4) is 0 Å². The molecule has 0 saturated heterocycles. The van der Waals surface area contributed by atoms with Crippen LogP contribution in [0.2, 0.25) is 0 Å². The summed E-state index contributed by atoms with van der Waals surface area (Å²) < 4.78 is 0. The summed E-state index contributed by atoms with van der Waals surface area (Å²) in [6, 6.07) is 19.7. The summed E-state index contributed by atoms with van der Waals surface area (Å²) in [5, 5.41) is 0. The van der Waals surface area contributed by atoms with E-state index in [9.17, 15) is 0 Å². The van der Waals surface area contributed by atoms with Gasteiger partial charge in [-0.3, -0.25) is 0 Å². The zero-order chi connectivity index (χ0) is 12.8. The maximum atomic E-state index is 2.32. The molecule has 0 heterocycles. The molecule has 0 aliphatic heterocycles. The number of hydrogen-bond acceptors (Lipinski definition) is 0. The van der Waals surface area contributed by atoms with Gasteiger partial charge >= 0.3 is 0 Å². The van der Waals surface area contributed by atoms with Crippen LogP contribution in [0.15, 0.2) is 54.6 Å². The van der Waals surface area contributed by atoms with E-state index >= 15 is 0 Å². The molecule has 18 heavy (non-hydrogen) atoms. The van der Waals surface area contributed by atoms with Crippen LogP contribution < -0.4 is 0 Å². The first-order chi connectivity index (χ1) is 8.75. The van der Waals surface area contributed by atoms with Crippen molar-refractivity contribution < 1.29 is 0 Å². The molecule has 0 bridgehead atoms. The van der Waals surface area contributed by atoms with Crippen molar-refractivity contribution in [1.29, 1.82) is 0 Å². The summed E-state index contributed by atoms with van der Waals surface area (Å²) in [6.07, 6.45) is 3.72. The van der Waals surface area contributed by atoms with Gasteiger partial charge in [0.05, 0.1) is 0 Å². The van der Waals surface area contributed by atoms with E-state index in [1.165, 1.54) is 36.0 Å². The van der Waals surface area contributed by atoms with Crippen molar-refractivity contribution in [2.24, 2.45) is 0 Å². The standard InChI is InChI=1S/C18H22/c1-15-11-13-17(14-12-15)8-6-7-16(2)18-9-4-3-5-10-18/h3-5,9-14,16H,6-8H2,1-2H3. The molecule has 2 aromatic rings. The lowest BCUT2D eigenvalue weighted by Gasteiger charge is -2.11. The van der Waals surface area contributed by atoms with E-state index in [-0.39, 0.29) is 0 Å². The highest BCUT2D eigenvalue weighted by Crippen LogP contribution is 2.21. The van der Waals surface area contributed by atoms with Crippen LogP contribution in [-0.2, 0) is 6.42 Å². The third-order valence-corrected chi connectivity index (χ3v) is 3.59. The molecule has 0 N–H and O–H groups in total. The molecule has 0 aromatic heterocycles. The van der Waals surface area contributed by atoms with E-state index in [2.05, 4.69) is 68.4 Å². The second kappa shape index (κ2) is 6.39.